The summed E-state index contributed by atoms with van der Waals surface area (Å²) in [5, 5.41) is 11.1. The number of hydrogen-bond donors (Lipinski definition) is 1. The monoisotopic (exact) mass is 294 g/mol. The molecule has 1 unspecified atom stereocenters. The highest BCUT2D eigenvalue weighted by atomic mass is 32.1. The van der Waals surface area contributed by atoms with E-state index in [1.807, 2.05) is 11.4 Å². The first-order valence-corrected chi connectivity index (χ1v) is 8.38. The molecular formula is C15H22N2O2S. The lowest BCUT2D eigenvalue weighted by atomic mass is 10.1. The maximum absolute atomic E-state index is 11.2. The van der Waals surface area contributed by atoms with Crippen molar-refractivity contribution in [2.45, 2.75) is 38.3 Å². The highest BCUT2D eigenvalue weighted by Crippen LogP contribution is 2.24. The number of likely N-dealkylation sites (tertiary alicyclic amines) is 2. The van der Waals surface area contributed by atoms with Gasteiger partial charge >= 0.3 is 5.97 Å². The minimum absolute atomic E-state index is 0.506. The summed E-state index contributed by atoms with van der Waals surface area (Å²) in [4.78, 5) is 16.7. The molecule has 0 bridgehead atoms. The van der Waals surface area contributed by atoms with E-state index in [0.29, 0.717) is 10.9 Å². The van der Waals surface area contributed by atoms with E-state index in [2.05, 4.69) is 9.80 Å². The number of carboxylic acids is 1. The molecule has 1 aromatic heterocycles. The highest BCUT2D eigenvalue weighted by Gasteiger charge is 2.29. The lowest BCUT2D eigenvalue weighted by Crippen LogP contribution is -2.40. The Hall–Kier alpha value is -0.910. The lowest BCUT2D eigenvalue weighted by molar-refractivity contribution is 0.0700. The number of piperidine rings is 1. The fourth-order valence-corrected chi connectivity index (χ4v) is 4.18. The van der Waals surface area contributed by atoms with E-state index in [1.54, 1.807) is 0 Å². The van der Waals surface area contributed by atoms with E-state index in [1.165, 1.54) is 50.1 Å². The Balaban J connectivity index is 1.57. The Labute approximate surface area is 124 Å². The first-order chi connectivity index (χ1) is 9.74. The van der Waals surface area contributed by atoms with Gasteiger partial charge in [0.05, 0.1) is 0 Å². The molecule has 3 heterocycles. The SMILES string of the molecule is O=C(O)c1sccc1CN1CCC(N2CCCCC2)C1. The lowest BCUT2D eigenvalue weighted by Gasteiger charge is -2.32. The number of nitrogens with zero attached hydrogens (tertiary/aromatic N) is 2. The first kappa shape index (κ1) is 14.0. The predicted molar refractivity (Wildman–Crippen MR) is 80.4 cm³/mol. The molecular weight excluding hydrogens is 272 g/mol. The average molecular weight is 294 g/mol. The Bertz CT molecular complexity index is 468. The molecule has 0 amide bonds. The largest absolute Gasteiger partial charge is 0.477 e. The van der Waals surface area contributed by atoms with Crippen LogP contribution in [-0.4, -0.2) is 53.1 Å². The van der Waals surface area contributed by atoms with Gasteiger partial charge in [0.1, 0.15) is 4.88 Å². The minimum atomic E-state index is -0.790. The van der Waals surface area contributed by atoms with Crippen molar-refractivity contribution in [2.24, 2.45) is 0 Å². The summed E-state index contributed by atoms with van der Waals surface area (Å²) in [5.74, 6) is -0.790. The number of aromatic carboxylic acids is 1. The Morgan fingerprint density at radius 2 is 2.10 bits per heavy atom. The van der Waals surface area contributed by atoms with Crippen LogP contribution in [0, 0.1) is 0 Å². The highest BCUT2D eigenvalue weighted by molar-refractivity contribution is 7.12. The van der Waals surface area contributed by atoms with Gasteiger partial charge in [0.15, 0.2) is 0 Å². The van der Waals surface area contributed by atoms with Gasteiger partial charge in [0.2, 0.25) is 0 Å². The third kappa shape index (κ3) is 3.05. The van der Waals surface area contributed by atoms with Crippen LogP contribution < -0.4 is 0 Å². The predicted octanol–water partition coefficient (Wildman–Crippen LogP) is 2.51. The zero-order valence-electron chi connectivity index (χ0n) is 11.8. The Kier molecular flexibility index (Phi) is 4.38. The number of thiophene rings is 1. The van der Waals surface area contributed by atoms with Crippen LogP contribution >= 0.6 is 11.3 Å². The van der Waals surface area contributed by atoms with E-state index in [4.69, 9.17) is 5.11 Å². The summed E-state index contributed by atoms with van der Waals surface area (Å²) in [6.45, 7) is 5.47. The molecule has 0 aromatic carbocycles. The van der Waals surface area contributed by atoms with Crippen LogP contribution in [0.1, 0.15) is 40.9 Å². The molecule has 4 nitrogen and oxygen atoms in total. The molecule has 0 radical (unpaired) electrons. The zero-order chi connectivity index (χ0) is 13.9. The summed E-state index contributed by atoms with van der Waals surface area (Å²) in [6.07, 6.45) is 5.28. The maximum atomic E-state index is 11.2. The van der Waals surface area contributed by atoms with Crippen molar-refractivity contribution in [2.75, 3.05) is 26.2 Å². The average Bonchev–Trinajstić information content (AvgIpc) is 3.09. The van der Waals surface area contributed by atoms with Crippen LogP contribution in [-0.2, 0) is 6.54 Å². The quantitative estimate of drug-likeness (QED) is 0.926. The molecule has 1 N–H and O–H groups in total. The molecule has 5 heteroatoms. The van der Waals surface area contributed by atoms with Crippen molar-refractivity contribution >= 4 is 17.3 Å². The van der Waals surface area contributed by atoms with Crippen LogP contribution in [0.3, 0.4) is 0 Å². The van der Waals surface area contributed by atoms with Gasteiger partial charge in [-0.3, -0.25) is 9.80 Å². The normalized spacial score (nSPS) is 25.1. The molecule has 1 aromatic rings. The van der Waals surface area contributed by atoms with E-state index < -0.39 is 5.97 Å². The molecule has 0 spiro atoms. The summed E-state index contributed by atoms with van der Waals surface area (Å²) >= 11 is 1.33. The van der Waals surface area contributed by atoms with Gasteiger partial charge in [-0.15, -0.1) is 11.3 Å². The van der Waals surface area contributed by atoms with Crippen molar-refractivity contribution in [3.05, 3.63) is 21.9 Å². The van der Waals surface area contributed by atoms with Crippen molar-refractivity contribution < 1.29 is 9.90 Å². The van der Waals surface area contributed by atoms with E-state index >= 15 is 0 Å². The minimum Gasteiger partial charge on any atom is -0.477 e. The molecule has 1 atom stereocenters. The second-order valence-electron chi connectivity index (χ2n) is 5.85. The molecule has 2 aliphatic rings. The van der Waals surface area contributed by atoms with Crippen molar-refractivity contribution in [1.82, 2.24) is 9.80 Å². The summed E-state index contributed by atoms with van der Waals surface area (Å²) in [5.41, 5.74) is 0.974. The van der Waals surface area contributed by atoms with Gasteiger partial charge in [-0.1, -0.05) is 6.42 Å². The van der Waals surface area contributed by atoms with Crippen LogP contribution in [0.2, 0.25) is 0 Å². The molecule has 2 saturated heterocycles. The van der Waals surface area contributed by atoms with E-state index in [-0.39, 0.29) is 0 Å². The fraction of sp³-hybridized carbons (Fsp3) is 0.667. The number of carbonyl (C=O) groups is 1. The first-order valence-electron chi connectivity index (χ1n) is 7.50. The smallest absolute Gasteiger partial charge is 0.346 e. The Morgan fingerprint density at radius 3 is 2.85 bits per heavy atom. The van der Waals surface area contributed by atoms with Gasteiger partial charge in [-0.25, -0.2) is 4.79 Å². The molecule has 2 aliphatic heterocycles. The van der Waals surface area contributed by atoms with Crippen LogP contribution in [0.5, 0.6) is 0 Å². The van der Waals surface area contributed by atoms with Gasteiger partial charge in [-0.2, -0.15) is 0 Å². The molecule has 3 rings (SSSR count). The number of hydrogen-bond acceptors (Lipinski definition) is 4. The molecule has 2 fully saturated rings. The number of carboxylic acid groups (broad SMARTS) is 1. The topological polar surface area (TPSA) is 43.8 Å². The maximum Gasteiger partial charge on any atom is 0.346 e. The number of rotatable bonds is 4. The molecule has 0 saturated carbocycles. The second kappa shape index (κ2) is 6.24. The Morgan fingerprint density at radius 1 is 1.30 bits per heavy atom. The second-order valence-corrected chi connectivity index (χ2v) is 6.77. The van der Waals surface area contributed by atoms with Crippen molar-refractivity contribution in [3.63, 3.8) is 0 Å². The summed E-state index contributed by atoms with van der Waals surface area (Å²) in [6, 6.07) is 2.64. The van der Waals surface area contributed by atoms with Gasteiger partial charge < -0.3 is 5.11 Å². The van der Waals surface area contributed by atoms with E-state index in [9.17, 15) is 4.79 Å². The molecule has 110 valence electrons. The van der Waals surface area contributed by atoms with Gasteiger partial charge in [0, 0.05) is 25.7 Å². The molecule has 20 heavy (non-hydrogen) atoms. The van der Waals surface area contributed by atoms with Crippen LogP contribution in [0.15, 0.2) is 11.4 Å². The van der Waals surface area contributed by atoms with Crippen molar-refractivity contribution in [1.29, 1.82) is 0 Å². The zero-order valence-corrected chi connectivity index (χ0v) is 12.6. The van der Waals surface area contributed by atoms with Crippen molar-refractivity contribution in [3.8, 4) is 0 Å². The van der Waals surface area contributed by atoms with Gasteiger partial charge in [0.25, 0.3) is 0 Å². The standard InChI is InChI=1S/C15H22N2O2S/c18-15(19)14-12(5-9-20-14)10-16-8-4-13(11-16)17-6-2-1-3-7-17/h5,9,13H,1-4,6-8,10-11H2,(H,18,19). The third-order valence-electron chi connectivity index (χ3n) is 4.49. The summed E-state index contributed by atoms with van der Waals surface area (Å²) in [7, 11) is 0. The van der Waals surface area contributed by atoms with Crippen LogP contribution in [0.25, 0.3) is 0 Å². The molecule has 0 aliphatic carbocycles. The summed E-state index contributed by atoms with van der Waals surface area (Å²) < 4.78 is 0. The fourth-order valence-electron chi connectivity index (χ4n) is 3.43. The van der Waals surface area contributed by atoms with Gasteiger partial charge in [-0.05, 0) is 49.4 Å². The van der Waals surface area contributed by atoms with Crippen LogP contribution in [0.4, 0.5) is 0 Å². The van der Waals surface area contributed by atoms with E-state index in [0.717, 1.165) is 25.2 Å². The third-order valence-corrected chi connectivity index (χ3v) is 5.43.